The lowest BCUT2D eigenvalue weighted by atomic mass is 10.2. The number of ether oxygens (including phenoxy) is 2. The summed E-state index contributed by atoms with van der Waals surface area (Å²) in [4.78, 5) is 18.3. The molecule has 1 aliphatic carbocycles. The van der Waals surface area contributed by atoms with Crippen LogP contribution in [0.15, 0.2) is 34.9 Å². The van der Waals surface area contributed by atoms with Gasteiger partial charge in [-0.05, 0) is 49.9 Å². The van der Waals surface area contributed by atoms with Gasteiger partial charge in [0, 0.05) is 18.7 Å². The zero-order valence-corrected chi connectivity index (χ0v) is 15.4. The number of carbonyl (C=O) groups is 1. The van der Waals surface area contributed by atoms with Gasteiger partial charge in [-0.3, -0.25) is 9.69 Å². The maximum absolute atomic E-state index is 11.6. The van der Waals surface area contributed by atoms with E-state index in [0.29, 0.717) is 32.0 Å². The third-order valence-corrected chi connectivity index (χ3v) is 4.44. The highest BCUT2D eigenvalue weighted by atomic mass is 16.5. The van der Waals surface area contributed by atoms with Gasteiger partial charge in [-0.15, -0.1) is 0 Å². The van der Waals surface area contributed by atoms with Crippen LogP contribution in [0.1, 0.15) is 32.1 Å². The lowest BCUT2D eigenvalue weighted by Crippen LogP contribution is -2.28. The molecule has 0 atom stereocenters. The Labute approximate surface area is 154 Å². The third-order valence-electron chi connectivity index (χ3n) is 4.44. The number of carbonyl (C=O) groups excluding carboxylic acids is 1. The molecule has 6 heteroatoms. The molecule has 1 aromatic heterocycles. The minimum Gasteiger partial charge on any atom is -0.497 e. The van der Waals surface area contributed by atoms with Crippen LogP contribution in [0, 0.1) is 5.92 Å². The van der Waals surface area contributed by atoms with Gasteiger partial charge in [-0.1, -0.05) is 0 Å². The first-order chi connectivity index (χ1) is 12.7. The zero-order chi connectivity index (χ0) is 18.4. The summed E-state index contributed by atoms with van der Waals surface area (Å²) in [5, 5.41) is 0. The fourth-order valence-electron chi connectivity index (χ4n) is 2.85. The minimum absolute atomic E-state index is 0.153. The predicted molar refractivity (Wildman–Crippen MR) is 97.7 cm³/mol. The van der Waals surface area contributed by atoms with Crippen molar-refractivity contribution in [3.63, 3.8) is 0 Å². The highest BCUT2D eigenvalue weighted by molar-refractivity contribution is 5.69. The molecule has 0 amide bonds. The van der Waals surface area contributed by atoms with E-state index < -0.39 is 0 Å². The largest absolute Gasteiger partial charge is 0.497 e. The van der Waals surface area contributed by atoms with Gasteiger partial charge in [-0.25, -0.2) is 4.98 Å². The molecule has 0 saturated heterocycles. The van der Waals surface area contributed by atoms with Gasteiger partial charge in [0.25, 0.3) is 0 Å². The lowest BCUT2D eigenvalue weighted by Gasteiger charge is -2.19. The predicted octanol–water partition coefficient (Wildman–Crippen LogP) is 3.52. The van der Waals surface area contributed by atoms with Crippen molar-refractivity contribution < 1.29 is 18.7 Å². The van der Waals surface area contributed by atoms with Crippen molar-refractivity contribution in [3.8, 4) is 17.1 Å². The van der Waals surface area contributed by atoms with Crippen molar-refractivity contribution in [3.05, 3.63) is 36.4 Å². The van der Waals surface area contributed by atoms with Crippen LogP contribution >= 0.6 is 0 Å². The summed E-state index contributed by atoms with van der Waals surface area (Å²) >= 11 is 0. The van der Waals surface area contributed by atoms with Gasteiger partial charge in [-0.2, -0.15) is 0 Å². The second-order valence-electron chi connectivity index (χ2n) is 6.58. The van der Waals surface area contributed by atoms with E-state index in [0.717, 1.165) is 29.5 Å². The molecule has 1 aliphatic rings. The number of hydrogen-bond acceptors (Lipinski definition) is 6. The molecule has 1 heterocycles. The van der Waals surface area contributed by atoms with Crippen molar-refractivity contribution in [1.82, 2.24) is 9.88 Å². The first-order valence-electron chi connectivity index (χ1n) is 9.15. The van der Waals surface area contributed by atoms with E-state index in [1.807, 2.05) is 31.2 Å². The van der Waals surface area contributed by atoms with Crippen LogP contribution in [0.5, 0.6) is 5.75 Å². The van der Waals surface area contributed by atoms with E-state index in [9.17, 15) is 4.79 Å². The second-order valence-corrected chi connectivity index (χ2v) is 6.58. The van der Waals surface area contributed by atoms with Crippen LogP contribution < -0.4 is 4.74 Å². The first kappa shape index (κ1) is 18.5. The number of hydrogen-bond donors (Lipinski definition) is 0. The molecule has 1 aromatic carbocycles. The van der Waals surface area contributed by atoms with Gasteiger partial charge in [0.05, 0.1) is 32.9 Å². The van der Waals surface area contributed by atoms with Crippen molar-refractivity contribution >= 4 is 5.97 Å². The van der Waals surface area contributed by atoms with E-state index in [-0.39, 0.29) is 5.97 Å². The lowest BCUT2D eigenvalue weighted by molar-refractivity contribution is -0.143. The Kier molecular flexibility index (Phi) is 6.28. The van der Waals surface area contributed by atoms with E-state index in [1.165, 1.54) is 12.8 Å². The van der Waals surface area contributed by atoms with E-state index in [2.05, 4.69) is 9.88 Å². The van der Waals surface area contributed by atoms with E-state index in [1.54, 1.807) is 13.3 Å². The summed E-state index contributed by atoms with van der Waals surface area (Å²) in [6, 6.07) is 7.70. The fourth-order valence-corrected chi connectivity index (χ4v) is 2.85. The number of aromatic nitrogens is 1. The van der Waals surface area contributed by atoms with Gasteiger partial charge < -0.3 is 13.9 Å². The molecule has 0 spiro atoms. The molecule has 140 valence electrons. The average molecular weight is 358 g/mol. The van der Waals surface area contributed by atoms with Crippen molar-refractivity contribution in [2.24, 2.45) is 5.92 Å². The van der Waals surface area contributed by atoms with Crippen LogP contribution in [-0.2, 0) is 16.1 Å². The van der Waals surface area contributed by atoms with Crippen LogP contribution in [0.3, 0.4) is 0 Å². The zero-order valence-electron chi connectivity index (χ0n) is 15.4. The monoisotopic (exact) mass is 358 g/mol. The van der Waals surface area contributed by atoms with Crippen LogP contribution in [0.25, 0.3) is 11.3 Å². The number of benzene rings is 1. The summed E-state index contributed by atoms with van der Waals surface area (Å²) in [7, 11) is 1.65. The van der Waals surface area contributed by atoms with Gasteiger partial charge in [0.1, 0.15) is 5.75 Å². The topological polar surface area (TPSA) is 64.8 Å². The molecule has 2 aromatic rings. The molecule has 1 fully saturated rings. The SMILES string of the molecule is CCOC(=O)CCN(Cc1ncc(-c2ccc(OC)cc2)o1)CC1CC1. The average Bonchev–Trinajstić information content (AvgIpc) is 3.35. The Morgan fingerprint density at radius 2 is 2.08 bits per heavy atom. The van der Waals surface area contributed by atoms with Gasteiger partial charge >= 0.3 is 5.97 Å². The molecule has 6 nitrogen and oxygen atoms in total. The normalized spacial score (nSPS) is 13.8. The number of rotatable bonds is 10. The first-order valence-corrected chi connectivity index (χ1v) is 9.15. The highest BCUT2D eigenvalue weighted by Gasteiger charge is 2.25. The second kappa shape index (κ2) is 8.85. The summed E-state index contributed by atoms with van der Waals surface area (Å²) in [5.41, 5.74) is 0.963. The molecule has 0 bridgehead atoms. The number of esters is 1. The molecular weight excluding hydrogens is 332 g/mol. The molecule has 3 rings (SSSR count). The van der Waals surface area contributed by atoms with E-state index >= 15 is 0 Å². The van der Waals surface area contributed by atoms with E-state index in [4.69, 9.17) is 13.9 Å². The number of methoxy groups -OCH3 is 1. The summed E-state index contributed by atoms with van der Waals surface area (Å²) in [6.45, 7) is 4.49. The molecule has 26 heavy (non-hydrogen) atoms. The van der Waals surface area contributed by atoms with Crippen LogP contribution in [0.2, 0.25) is 0 Å². The fraction of sp³-hybridized carbons (Fsp3) is 0.500. The van der Waals surface area contributed by atoms with Crippen molar-refractivity contribution in [1.29, 1.82) is 0 Å². The Bertz CT molecular complexity index is 707. The summed E-state index contributed by atoms with van der Waals surface area (Å²) in [5.74, 6) is 2.79. The molecule has 0 N–H and O–H groups in total. The number of nitrogens with zero attached hydrogens (tertiary/aromatic N) is 2. The summed E-state index contributed by atoms with van der Waals surface area (Å²) < 4.78 is 16.1. The van der Waals surface area contributed by atoms with Crippen LogP contribution in [-0.4, -0.2) is 42.7 Å². The van der Waals surface area contributed by atoms with Crippen LogP contribution in [0.4, 0.5) is 0 Å². The Morgan fingerprint density at radius 3 is 2.73 bits per heavy atom. The van der Waals surface area contributed by atoms with Crippen molar-refractivity contribution in [2.45, 2.75) is 32.7 Å². The Hall–Kier alpha value is -2.34. The Balaban J connectivity index is 1.60. The minimum atomic E-state index is -0.153. The molecular formula is C20H26N2O4. The van der Waals surface area contributed by atoms with Gasteiger partial charge in [0.15, 0.2) is 5.76 Å². The maximum atomic E-state index is 11.6. The van der Waals surface area contributed by atoms with Crippen molar-refractivity contribution in [2.75, 3.05) is 26.8 Å². The number of oxazole rings is 1. The summed E-state index contributed by atoms with van der Waals surface area (Å²) in [6.07, 6.45) is 4.67. The third kappa shape index (κ3) is 5.33. The Morgan fingerprint density at radius 1 is 1.31 bits per heavy atom. The molecule has 1 saturated carbocycles. The maximum Gasteiger partial charge on any atom is 0.307 e. The molecule has 0 radical (unpaired) electrons. The molecule has 0 unspecified atom stereocenters. The quantitative estimate of drug-likeness (QED) is 0.606. The molecule has 0 aliphatic heterocycles. The smallest absolute Gasteiger partial charge is 0.307 e. The highest BCUT2D eigenvalue weighted by Crippen LogP contribution is 2.30. The standard InChI is InChI=1S/C20H26N2O4/c1-3-25-20(23)10-11-22(13-15-4-5-15)14-19-21-12-18(26-19)16-6-8-17(24-2)9-7-16/h6-9,12,15H,3-5,10-11,13-14H2,1-2H3. The van der Waals surface area contributed by atoms with Gasteiger partial charge in [0.2, 0.25) is 5.89 Å².